The van der Waals surface area contributed by atoms with E-state index in [9.17, 15) is 8.42 Å². The van der Waals surface area contributed by atoms with Crippen molar-refractivity contribution in [2.45, 2.75) is 23.8 Å². The molecule has 5 nitrogen and oxygen atoms in total. The Morgan fingerprint density at radius 1 is 1.38 bits per heavy atom. The zero-order valence-corrected chi connectivity index (χ0v) is 9.84. The first kappa shape index (κ1) is 11.2. The first-order valence-corrected chi connectivity index (χ1v) is 6.61. The Morgan fingerprint density at radius 3 is 2.56 bits per heavy atom. The zero-order valence-electron chi connectivity index (χ0n) is 9.03. The molecule has 1 aromatic rings. The predicted molar refractivity (Wildman–Crippen MR) is 63.7 cm³/mol. The van der Waals surface area contributed by atoms with E-state index in [2.05, 4.69) is 10.0 Å². The van der Waals surface area contributed by atoms with Gasteiger partial charge in [0.25, 0.3) is 0 Å². The van der Waals surface area contributed by atoms with Crippen molar-refractivity contribution in [3.8, 4) is 0 Å². The highest BCUT2D eigenvalue weighted by atomic mass is 32.2. The molecule has 0 saturated heterocycles. The van der Waals surface area contributed by atoms with Crippen LogP contribution >= 0.6 is 0 Å². The monoisotopic (exact) mass is 241 g/mol. The highest BCUT2D eigenvalue weighted by molar-refractivity contribution is 7.89. The number of nitrogen functional groups attached to an aromatic ring is 1. The molecule has 2 rings (SSSR count). The van der Waals surface area contributed by atoms with E-state index < -0.39 is 10.0 Å². The molecule has 0 radical (unpaired) electrons. The fraction of sp³-hybridized carbons (Fsp3) is 0.400. The number of nitrogens with one attached hydrogen (secondary N) is 2. The molecule has 88 valence electrons. The summed E-state index contributed by atoms with van der Waals surface area (Å²) in [5.41, 5.74) is 7.06. The highest BCUT2D eigenvalue weighted by Crippen LogP contribution is 2.29. The maximum Gasteiger partial charge on any atom is 0.240 e. The summed E-state index contributed by atoms with van der Waals surface area (Å²) in [4.78, 5) is 0.189. The molecule has 0 heterocycles. The minimum absolute atomic E-state index is 0.189. The van der Waals surface area contributed by atoms with Crippen LogP contribution in [0.3, 0.4) is 0 Å². The number of sulfonamides is 1. The van der Waals surface area contributed by atoms with Crippen molar-refractivity contribution < 1.29 is 8.42 Å². The average molecular weight is 241 g/mol. The maximum atomic E-state index is 11.5. The second kappa shape index (κ2) is 3.95. The number of hydrogen-bond donors (Lipinski definition) is 3. The Kier molecular flexibility index (Phi) is 2.77. The molecule has 0 aliphatic heterocycles. The van der Waals surface area contributed by atoms with Gasteiger partial charge >= 0.3 is 0 Å². The molecule has 0 unspecified atom stereocenters. The lowest BCUT2D eigenvalue weighted by atomic mass is 10.2. The van der Waals surface area contributed by atoms with Crippen LogP contribution in [0.25, 0.3) is 0 Å². The summed E-state index contributed by atoms with van der Waals surface area (Å²) in [6.07, 6.45) is 2.30. The molecular formula is C10H15N3O2S. The van der Waals surface area contributed by atoms with Gasteiger partial charge in [0, 0.05) is 6.04 Å². The van der Waals surface area contributed by atoms with Gasteiger partial charge in [0.2, 0.25) is 10.0 Å². The van der Waals surface area contributed by atoms with Gasteiger partial charge in [0.15, 0.2) is 0 Å². The molecular weight excluding hydrogens is 226 g/mol. The van der Waals surface area contributed by atoms with E-state index in [1.165, 1.54) is 13.1 Å². The quantitative estimate of drug-likeness (QED) is 0.679. The molecule has 0 spiro atoms. The van der Waals surface area contributed by atoms with E-state index in [0.29, 0.717) is 11.7 Å². The van der Waals surface area contributed by atoms with Gasteiger partial charge in [-0.2, -0.15) is 0 Å². The minimum Gasteiger partial charge on any atom is -0.397 e. The van der Waals surface area contributed by atoms with E-state index >= 15 is 0 Å². The summed E-state index contributed by atoms with van der Waals surface area (Å²) in [6, 6.07) is 5.22. The van der Waals surface area contributed by atoms with Crippen molar-refractivity contribution in [3.05, 3.63) is 18.2 Å². The van der Waals surface area contributed by atoms with Crippen LogP contribution in [0.1, 0.15) is 12.8 Å². The van der Waals surface area contributed by atoms with Crippen LogP contribution < -0.4 is 15.8 Å². The summed E-state index contributed by atoms with van der Waals surface area (Å²) >= 11 is 0. The van der Waals surface area contributed by atoms with Gasteiger partial charge < -0.3 is 11.1 Å². The molecule has 1 fully saturated rings. The Hall–Kier alpha value is -1.27. The molecule has 6 heteroatoms. The number of anilines is 2. The molecule has 1 aromatic carbocycles. The standard InChI is InChI=1S/C10H15N3O2S/c1-12-16(14,15)8-4-5-10(9(11)6-8)13-7-2-3-7/h4-7,12-13H,2-3,11H2,1H3. The Bertz CT molecular complexity index is 495. The lowest BCUT2D eigenvalue weighted by molar-refractivity contribution is 0.588. The highest BCUT2D eigenvalue weighted by Gasteiger charge is 2.22. The van der Waals surface area contributed by atoms with Gasteiger partial charge in [-0.25, -0.2) is 13.1 Å². The lowest BCUT2D eigenvalue weighted by Gasteiger charge is -2.10. The van der Waals surface area contributed by atoms with Gasteiger partial charge in [-0.1, -0.05) is 0 Å². The molecule has 4 N–H and O–H groups in total. The van der Waals surface area contributed by atoms with Gasteiger partial charge in [0.05, 0.1) is 16.3 Å². The van der Waals surface area contributed by atoms with Gasteiger partial charge in [-0.15, -0.1) is 0 Å². The molecule has 0 atom stereocenters. The molecule has 0 amide bonds. The Balaban J connectivity index is 2.28. The number of benzene rings is 1. The average Bonchev–Trinajstić information content (AvgIpc) is 3.05. The largest absolute Gasteiger partial charge is 0.397 e. The Morgan fingerprint density at radius 2 is 2.06 bits per heavy atom. The third-order valence-electron chi connectivity index (χ3n) is 2.54. The van der Waals surface area contributed by atoms with Crippen molar-refractivity contribution >= 4 is 21.4 Å². The Labute approximate surface area is 95.1 Å². The third kappa shape index (κ3) is 2.28. The molecule has 1 aliphatic carbocycles. The third-order valence-corrected chi connectivity index (χ3v) is 3.95. The fourth-order valence-electron chi connectivity index (χ4n) is 1.40. The van der Waals surface area contributed by atoms with E-state index in [0.717, 1.165) is 18.5 Å². The summed E-state index contributed by atoms with van der Waals surface area (Å²) in [5.74, 6) is 0. The second-order valence-electron chi connectivity index (χ2n) is 3.88. The number of rotatable bonds is 4. The topological polar surface area (TPSA) is 84.2 Å². The summed E-state index contributed by atoms with van der Waals surface area (Å²) in [6.45, 7) is 0. The van der Waals surface area contributed by atoms with Crippen LogP contribution in [0.2, 0.25) is 0 Å². The zero-order chi connectivity index (χ0) is 11.8. The molecule has 16 heavy (non-hydrogen) atoms. The van der Waals surface area contributed by atoms with Crippen molar-refractivity contribution in [1.29, 1.82) is 0 Å². The van der Waals surface area contributed by atoms with Gasteiger partial charge in [-0.05, 0) is 38.1 Å². The van der Waals surface area contributed by atoms with Crippen LogP contribution in [-0.4, -0.2) is 21.5 Å². The van der Waals surface area contributed by atoms with Crippen molar-refractivity contribution in [1.82, 2.24) is 4.72 Å². The van der Waals surface area contributed by atoms with E-state index in [1.54, 1.807) is 12.1 Å². The van der Waals surface area contributed by atoms with Crippen LogP contribution in [-0.2, 0) is 10.0 Å². The van der Waals surface area contributed by atoms with Crippen molar-refractivity contribution in [2.24, 2.45) is 0 Å². The van der Waals surface area contributed by atoms with E-state index in [4.69, 9.17) is 5.73 Å². The predicted octanol–water partition coefficient (Wildman–Crippen LogP) is 0.751. The maximum absolute atomic E-state index is 11.5. The first-order valence-electron chi connectivity index (χ1n) is 5.12. The van der Waals surface area contributed by atoms with Gasteiger partial charge in [-0.3, -0.25) is 0 Å². The van der Waals surface area contributed by atoms with E-state index in [-0.39, 0.29) is 4.90 Å². The second-order valence-corrected chi connectivity index (χ2v) is 5.76. The SMILES string of the molecule is CNS(=O)(=O)c1ccc(NC2CC2)c(N)c1. The summed E-state index contributed by atoms with van der Waals surface area (Å²) < 4.78 is 25.3. The minimum atomic E-state index is -3.41. The van der Waals surface area contributed by atoms with Crippen LogP contribution in [0.4, 0.5) is 11.4 Å². The van der Waals surface area contributed by atoms with E-state index in [1.807, 2.05) is 0 Å². The van der Waals surface area contributed by atoms with Crippen LogP contribution in [0.15, 0.2) is 23.1 Å². The molecule has 0 bridgehead atoms. The normalized spacial score (nSPS) is 16.1. The number of hydrogen-bond acceptors (Lipinski definition) is 4. The van der Waals surface area contributed by atoms with Crippen LogP contribution in [0.5, 0.6) is 0 Å². The smallest absolute Gasteiger partial charge is 0.240 e. The summed E-state index contributed by atoms with van der Waals surface area (Å²) in [5, 5.41) is 3.24. The van der Waals surface area contributed by atoms with Crippen molar-refractivity contribution in [2.75, 3.05) is 18.1 Å². The van der Waals surface area contributed by atoms with Gasteiger partial charge in [0.1, 0.15) is 0 Å². The molecule has 1 aliphatic rings. The number of nitrogens with two attached hydrogens (primary N) is 1. The lowest BCUT2D eigenvalue weighted by Crippen LogP contribution is -2.18. The van der Waals surface area contributed by atoms with Crippen LogP contribution in [0, 0.1) is 0 Å². The molecule has 0 aromatic heterocycles. The first-order chi connectivity index (χ1) is 7.53. The summed E-state index contributed by atoms with van der Waals surface area (Å²) in [7, 11) is -2.03. The fourth-order valence-corrected chi connectivity index (χ4v) is 2.17. The van der Waals surface area contributed by atoms with Crippen molar-refractivity contribution in [3.63, 3.8) is 0 Å². The molecule has 1 saturated carbocycles.